The molecule has 9 heteroatoms. The first kappa shape index (κ1) is 21.3. The van der Waals surface area contributed by atoms with E-state index in [2.05, 4.69) is 5.32 Å². The molecule has 2 aromatic carbocycles. The summed E-state index contributed by atoms with van der Waals surface area (Å²) in [5.74, 6) is -1.28. The highest BCUT2D eigenvalue weighted by atomic mass is 16.6. The van der Waals surface area contributed by atoms with Crippen LogP contribution in [0.15, 0.2) is 42.5 Å². The third kappa shape index (κ3) is 5.12. The standard InChI is InChI=1S/C21H23N3O6/c1-2-15-5-3-4-6-18(15)22-20(25)14-30-21(26)17-13-16(24(27)28)7-8-19(17)23-9-11-29-12-10-23/h3-8,13H,2,9-12,14H2,1H3,(H,22,25). The van der Waals surface area contributed by atoms with Crippen LogP contribution < -0.4 is 10.2 Å². The van der Waals surface area contributed by atoms with Crippen molar-refractivity contribution < 1.29 is 24.0 Å². The van der Waals surface area contributed by atoms with Crippen molar-refractivity contribution in [1.82, 2.24) is 0 Å². The van der Waals surface area contributed by atoms with E-state index in [4.69, 9.17) is 9.47 Å². The minimum atomic E-state index is -0.792. The van der Waals surface area contributed by atoms with Gasteiger partial charge in [-0.3, -0.25) is 14.9 Å². The molecule has 9 nitrogen and oxygen atoms in total. The Labute approximate surface area is 173 Å². The van der Waals surface area contributed by atoms with Crippen LogP contribution in [0.25, 0.3) is 0 Å². The number of hydrogen-bond acceptors (Lipinski definition) is 7. The summed E-state index contributed by atoms with van der Waals surface area (Å²) in [4.78, 5) is 37.4. The zero-order valence-electron chi connectivity index (χ0n) is 16.6. The number of non-ortho nitro benzene ring substituents is 1. The second-order valence-electron chi connectivity index (χ2n) is 6.69. The summed E-state index contributed by atoms with van der Waals surface area (Å²) in [6.45, 7) is 3.55. The zero-order chi connectivity index (χ0) is 21.5. The third-order valence-corrected chi connectivity index (χ3v) is 4.77. The number of carbonyl (C=O) groups is 2. The number of nitro groups is 1. The van der Waals surface area contributed by atoms with Crippen LogP contribution in [0.2, 0.25) is 0 Å². The fourth-order valence-corrected chi connectivity index (χ4v) is 3.23. The Hall–Kier alpha value is -3.46. The van der Waals surface area contributed by atoms with Gasteiger partial charge in [-0.25, -0.2) is 4.79 Å². The smallest absolute Gasteiger partial charge is 0.341 e. The average molecular weight is 413 g/mol. The molecule has 0 radical (unpaired) electrons. The highest BCUT2D eigenvalue weighted by Gasteiger charge is 2.23. The highest BCUT2D eigenvalue weighted by Crippen LogP contribution is 2.27. The number of ether oxygens (including phenoxy) is 2. The number of anilines is 2. The summed E-state index contributed by atoms with van der Waals surface area (Å²) in [5, 5.41) is 13.9. The Balaban J connectivity index is 1.72. The molecule has 0 bridgehead atoms. The lowest BCUT2D eigenvalue weighted by Gasteiger charge is -2.30. The quantitative estimate of drug-likeness (QED) is 0.422. The van der Waals surface area contributed by atoms with E-state index in [1.165, 1.54) is 18.2 Å². The van der Waals surface area contributed by atoms with E-state index in [1.807, 2.05) is 24.0 Å². The first-order valence-corrected chi connectivity index (χ1v) is 9.65. The van der Waals surface area contributed by atoms with Gasteiger partial charge < -0.3 is 19.7 Å². The fraction of sp³-hybridized carbons (Fsp3) is 0.333. The van der Waals surface area contributed by atoms with Crippen molar-refractivity contribution in [2.24, 2.45) is 0 Å². The van der Waals surface area contributed by atoms with Crippen LogP contribution in [0, 0.1) is 10.1 Å². The number of nitrogens with zero attached hydrogens (tertiary/aromatic N) is 2. The molecule has 1 aliphatic rings. The lowest BCUT2D eigenvalue weighted by molar-refractivity contribution is -0.384. The van der Waals surface area contributed by atoms with Gasteiger partial charge in [0.2, 0.25) is 0 Å². The van der Waals surface area contributed by atoms with Gasteiger partial charge in [0, 0.05) is 30.9 Å². The Morgan fingerprint density at radius 2 is 1.93 bits per heavy atom. The molecule has 2 aromatic rings. The van der Waals surface area contributed by atoms with Crippen molar-refractivity contribution in [2.45, 2.75) is 13.3 Å². The maximum Gasteiger partial charge on any atom is 0.341 e. The molecule has 1 saturated heterocycles. The van der Waals surface area contributed by atoms with E-state index in [-0.39, 0.29) is 11.3 Å². The molecule has 0 aliphatic carbocycles. The normalized spacial score (nSPS) is 13.6. The first-order valence-electron chi connectivity index (χ1n) is 9.65. The Bertz CT molecular complexity index is 940. The number of benzene rings is 2. The lowest BCUT2D eigenvalue weighted by Crippen LogP contribution is -2.37. The summed E-state index contributed by atoms with van der Waals surface area (Å²) in [6, 6.07) is 11.4. The van der Waals surface area contributed by atoms with Crippen molar-refractivity contribution in [3.63, 3.8) is 0 Å². The van der Waals surface area contributed by atoms with Gasteiger partial charge in [-0.1, -0.05) is 25.1 Å². The third-order valence-electron chi connectivity index (χ3n) is 4.77. The molecule has 30 heavy (non-hydrogen) atoms. The predicted molar refractivity (Wildman–Crippen MR) is 111 cm³/mol. The van der Waals surface area contributed by atoms with Crippen LogP contribution in [0.5, 0.6) is 0 Å². The Morgan fingerprint density at radius 1 is 1.20 bits per heavy atom. The number of morpholine rings is 1. The van der Waals surface area contributed by atoms with Crippen molar-refractivity contribution in [3.05, 3.63) is 63.7 Å². The summed E-state index contributed by atoms with van der Waals surface area (Å²) in [7, 11) is 0. The zero-order valence-corrected chi connectivity index (χ0v) is 16.6. The van der Waals surface area contributed by atoms with Gasteiger partial charge in [-0.05, 0) is 24.1 Å². The molecule has 0 unspecified atom stereocenters. The second-order valence-corrected chi connectivity index (χ2v) is 6.69. The number of esters is 1. The Kier molecular flexibility index (Phi) is 6.97. The lowest BCUT2D eigenvalue weighted by atomic mass is 10.1. The van der Waals surface area contributed by atoms with Crippen LogP contribution >= 0.6 is 0 Å². The number of hydrogen-bond donors (Lipinski definition) is 1. The van der Waals surface area contributed by atoms with Crippen molar-refractivity contribution in [2.75, 3.05) is 43.1 Å². The second kappa shape index (κ2) is 9.84. The number of rotatable bonds is 7. The number of nitro benzene ring substituents is 1. The highest BCUT2D eigenvalue weighted by molar-refractivity contribution is 5.99. The molecule has 0 spiro atoms. The topological polar surface area (TPSA) is 111 Å². The van der Waals surface area contributed by atoms with E-state index in [0.717, 1.165) is 12.0 Å². The molecule has 0 saturated carbocycles. The molecule has 1 fully saturated rings. The summed E-state index contributed by atoms with van der Waals surface area (Å²) in [6.07, 6.45) is 0.743. The maximum absolute atomic E-state index is 12.7. The number of nitrogens with one attached hydrogen (secondary N) is 1. The first-order chi connectivity index (χ1) is 14.5. The Morgan fingerprint density at radius 3 is 2.63 bits per heavy atom. The van der Waals surface area contributed by atoms with E-state index < -0.39 is 23.4 Å². The molecule has 158 valence electrons. The molecule has 1 N–H and O–H groups in total. The molecular weight excluding hydrogens is 390 g/mol. The SMILES string of the molecule is CCc1ccccc1NC(=O)COC(=O)c1cc([N+](=O)[O-])ccc1N1CCOCC1. The average Bonchev–Trinajstić information content (AvgIpc) is 2.78. The van der Waals surface area contributed by atoms with Gasteiger partial charge >= 0.3 is 5.97 Å². The van der Waals surface area contributed by atoms with Gasteiger partial charge in [0.15, 0.2) is 6.61 Å². The molecule has 1 aliphatic heterocycles. The molecular formula is C21H23N3O6. The molecule has 0 aromatic heterocycles. The monoisotopic (exact) mass is 413 g/mol. The van der Waals surface area contributed by atoms with E-state index in [9.17, 15) is 19.7 Å². The van der Waals surface area contributed by atoms with Gasteiger partial charge in [0.05, 0.1) is 29.4 Å². The predicted octanol–water partition coefficient (Wildman–Crippen LogP) is 2.79. The van der Waals surface area contributed by atoms with Crippen LogP contribution in [-0.4, -0.2) is 49.7 Å². The van der Waals surface area contributed by atoms with Crippen molar-refractivity contribution in [1.29, 1.82) is 0 Å². The van der Waals surface area contributed by atoms with Crippen molar-refractivity contribution in [3.8, 4) is 0 Å². The number of amides is 1. The minimum Gasteiger partial charge on any atom is -0.452 e. The van der Waals surface area contributed by atoms with Gasteiger partial charge in [0.1, 0.15) is 0 Å². The van der Waals surface area contributed by atoms with Gasteiger partial charge in [-0.2, -0.15) is 0 Å². The molecule has 0 atom stereocenters. The summed E-state index contributed by atoms with van der Waals surface area (Å²) >= 11 is 0. The molecule has 1 amide bonds. The summed E-state index contributed by atoms with van der Waals surface area (Å²) < 4.78 is 10.5. The maximum atomic E-state index is 12.7. The largest absolute Gasteiger partial charge is 0.452 e. The number of carbonyl (C=O) groups excluding carboxylic acids is 2. The van der Waals surface area contributed by atoms with Crippen LogP contribution in [0.3, 0.4) is 0 Å². The van der Waals surface area contributed by atoms with E-state index >= 15 is 0 Å². The molecule has 3 rings (SSSR count). The van der Waals surface area contributed by atoms with Crippen molar-refractivity contribution >= 4 is 28.9 Å². The van der Waals surface area contributed by atoms with Gasteiger partial charge in [-0.15, -0.1) is 0 Å². The van der Waals surface area contributed by atoms with E-state index in [1.54, 1.807) is 12.1 Å². The van der Waals surface area contributed by atoms with E-state index in [0.29, 0.717) is 37.7 Å². The summed E-state index contributed by atoms with van der Waals surface area (Å²) in [5.41, 5.74) is 1.97. The fourth-order valence-electron chi connectivity index (χ4n) is 3.23. The number of para-hydroxylation sites is 1. The van der Waals surface area contributed by atoms with Crippen LogP contribution in [0.1, 0.15) is 22.8 Å². The minimum absolute atomic E-state index is 0.0489. The van der Waals surface area contributed by atoms with Gasteiger partial charge in [0.25, 0.3) is 11.6 Å². The van der Waals surface area contributed by atoms with Crippen LogP contribution in [-0.2, 0) is 20.7 Å². The molecule has 1 heterocycles. The number of aryl methyl sites for hydroxylation is 1. The van der Waals surface area contributed by atoms with Crippen LogP contribution in [0.4, 0.5) is 17.1 Å².